The normalized spacial score (nSPS) is 11.9. The Morgan fingerprint density at radius 1 is 0.778 bits per heavy atom. The minimum atomic E-state index is -5.11. The summed E-state index contributed by atoms with van der Waals surface area (Å²) in [5, 5.41) is 24.2. The summed E-state index contributed by atoms with van der Waals surface area (Å²) in [7, 11) is 0. The molecule has 0 heterocycles. The maximum Gasteiger partial charge on any atom is 0.416 e. The van der Waals surface area contributed by atoms with Gasteiger partial charge in [-0.15, -0.1) is 0 Å². The zero-order valence-electron chi connectivity index (χ0n) is 12.8. The van der Waals surface area contributed by atoms with E-state index < -0.39 is 56.1 Å². The van der Waals surface area contributed by atoms with Crippen LogP contribution in [-0.4, -0.2) is 9.85 Å². The van der Waals surface area contributed by atoms with Gasteiger partial charge in [0.15, 0.2) is 5.69 Å². The fourth-order valence-corrected chi connectivity index (χ4v) is 2.11. The highest BCUT2D eigenvalue weighted by Gasteiger charge is 2.38. The summed E-state index contributed by atoms with van der Waals surface area (Å²) in [6.07, 6.45) is -9.88. The number of nitro groups is 2. The van der Waals surface area contributed by atoms with Crippen LogP contribution in [0.25, 0.3) is 0 Å². The van der Waals surface area contributed by atoms with E-state index in [4.69, 9.17) is 0 Å². The van der Waals surface area contributed by atoms with Crippen LogP contribution in [0.5, 0.6) is 0 Å². The fraction of sp³-hybridized carbons (Fsp3) is 0.143. The molecule has 0 aliphatic carbocycles. The number of benzene rings is 2. The predicted molar refractivity (Wildman–Crippen MR) is 79.5 cm³/mol. The predicted octanol–water partition coefficient (Wildman–Crippen LogP) is 5.28. The number of nitrogens with one attached hydrogen (secondary N) is 1. The van der Waals surface area contributed by atoms with Crippen LogP contribution in [-0.2, 0) is 12.4 Å². The molecule has 2 rings (SSSR count). The van der Waals surface area contributed by atoms with Gasteiger partial charge in [-0.25, -0.2) is 0 Å². The van der Waals surface area contributed by atoms with E-state index in [1.807, 2.05) is 5.32 Å². The molecular weight excluding hydrogens is 388 g/mol. The summed E-state index contributed by atoms with van der Waals surface area (Å²) in [6, 6.07) is 3.24. The third kappa shape index (κ3) is 4.43. The van der Waals surface area contributed by atoms with Gasteiger partial charge in [-0.3, -0.25) is 20.2 Å². The zero-order valence-corrected chi connectivity index (χ0v) is 12.8. The fourth-order valence-electron chi connectivity index (χ4n) is 2.11. The van der Waals surface area contributed by atoms with Crippen LogP contribution in [0, 0.1) is 20.2 Å². The van der Waals surface area contributed by atoms with Crippen LogP contribution in [0.1, 0.15) is 11.1 Å². The molecule has 0 unspecified atom stereocenters. The first kappa shape index (κ1) is 19.9. The number of nitro benzene ring substituents is 2. The number of nitrogens with zero attached hydrogens (tertiary/aromatic N) is 2. The van der Waals surface area contributed by atoms with E-state index in [1.165, 1.54) is 0 Å². The largest absolute Gasteiger partial charge is 0.416 e. The highest BCUT2D eigenvalue weighted by atomic mass is 19.4. The number of hydrogen-bond donors (Lipinski definition) is 1. The smallest absolute Gasteiger partial charge is 0.344 e. The molecule has 0 amide bonds. The molecule has 7 nitrogen and oxygen atoms in total. The van der Waals surface area contributed by atoms with Crippen LogP contribution in [0.3, 0.4) is 0 Å². The molecular formula is C14H7F6N3O4. The Morgan fingerprint density at radius 2 is 1.26 bits per heavy atom. The van der Waals surface area contributed by atoms with Crippen LogP contribution in [0.2, 0.25) is 0 Å². The molecule has 144 valence electrons. The highest BCUT2D eigenvalue weighted by molar-refractivity contribution is 5.80. The molecule has 0 bridgehead atoms. The van der Waals surface area contributed by atoms with Crippen LogP contribution < -0.4 is 5.32 Å². The van der Waals surface area contributed by atoms with Gasteiger partial charge in [0.2, 0.25) is 0 Å². The van der Waals surface area contributed by atoms with Crippen molar-refractivity contribution >= 4 is 22.7 Å². The molecule has 0 saturated carbocycles. The first-order valence-corrected chi connectivity index (χ1v) is 6.79. The summed E-state index contributed by atoms with van der Waals surface area (Å²) >= 11 is 0. The van der Waals surface area contributed by atoms with Crippen LogP contribution in [0.4, 0.5) is 49.1 Å². The maximum atomic E-state index is 12.8. The SMILES string of the molecule is O=[N+]([O-])c1cc(C(F)(F)F)cc([N+](=O)[O-])c1Nc1cccc(C(F)(F)F)c1. The van der Waals surface area contributed by atoms with E-state index in [2.05, 4.69) is 0 Å². The average molecular weight is 395 g/mol. The topological polar surface area (TPSA) is 98.3 Å². The summed E-state index contributed by atoms with van der Waals surface area (Å²) in [6.45, 7) is 0. The number of halogens is 6. The Bertz CT molecular complexity index is 875. The first-order valence-electron chi connectivity index (χ1n) is 6.79. The molecule has 2 aromatic rings. The molecule has 0 aliphatic heterocycles. The Labute approximate surface area is 145 Å². The lowest BCUT2D eigenvalue weighted by Crippen LogP contribution is -2.10. The molecule has 2 aromatic carbocycles. The molecule has 0 atom stereocenters. The molecule has 0 fully saturated rings. The van der Waals surface area contributed by atoms with Gasteiger partial charge in [0, 0.05) is 17.8 Å². The lowest BCUT2D eigenvalue weighted by molar-refractivity contribution is -0.392. The monoisotopic (exact) mass is 395 g/mol. The minimum Gasteiger partial charge on any atom is -0.344 e. The van der Waals surface area contributed by atoms with Crippen LogP contribution in [0.15, 0.2) is 36.4 Å². The number of alkyl halides is 6. The summed E-state index contributed by atoms with van der Waals surface area (Å²) in [4.78, 5) is 19.6. The maximum absolute atomic E-state index is 12.8. The number of rotatable bonds is 4. The molecule has 0 saturated heterocycles. The Hall–Kier alpha value is -3.38. The van der Waals surface area contributed by atoms with E-state index in [0.717, 1.165) is 12.1 Å². The standard InChI is InChI=1S/C14H7F6N3O4/c15-13(16,17)7-2-1-3-9(4-7)21-12-10(22(24)25)5-8(14(18,19)20)6-11(12)23(26)27/h1-6,21H. The molecule has 13 heteroatoms. The van der Waals surface area contributed by atoms with E-state index in [1.54, 1.807) is 0 Å². The van der Waals surface area contributed by atoms with Gasteiger partial charge in [0.25, 0.3) is 11.4 Å². The van der Waals surface area contributed by atoms with Crippen molar-refractivity contribution in [3.8, 4) is 0 Å². The Kier molecular flexibility index (Phi) is 4.97. The van der Waals surface area contributed by atoms with Crippen molar-refractivity contribution in [2.24, 2.45) is 0 Å². The summed E-state index contributed by atoms with van der Waals surface area (Å²) in [5.74, 6) is 0. The van der Waals surface area contributed by atoms with E-state index in [-0.39, 0.29) is 12.1 Å². The summed E-state index contributed by atoms with van der Waals surface area (Å²) in [5.41, 5.74) is -6.84. The van der Waals surface area contributed by atoms with E-state index >= 15 is 0 Å². The van der Waals surface area contributed by atoms with Gasteiger partial charge in [-0.2, -0.15) is 26.3 Å². The number of anilines is 2. The van der Waals surface area contributed by atoms with E-state index in [9.17, 15) is 46.6 Å². The quantitative estimate of drug-likeness (QED) is 0.431. The van der Waals surface area contributed by atoms with Crippen molar-refractivity contribution in [2.45, 2.75) is 12.4 Å². The lowest BCUT2D eigenvalue weighted by Gasteiger charge is -2.13. The summed E-state index contributed by atoms with van der Waals surface area (Å²) < 4.78 is 76.7. The van der Waals surface area contributed by atoms with Crippen molar-refractivity contribution in [2.75, 3.05) is 5.32 Å². The Balaban J connectivity index is 2.65. The molecule has 0 spiro atoms. The van der Waals surface area contributed by atoms with Gasteiger partial charge >= 0.3 is 12.4 Å². The average Bonchev–Trinajstić information content (AvgIpc) is 2.52. The second-order valence-corrected chi connectivity index (χ2v) is 5.11. The molecule has 0 aliphatic rings. The van der Waals surface area contributed by atoms with Crippen molar-refractivity contribution in [3.63, 3.8) is 0 Å². The molecule has 1 N–H and O–H groups in total. The Morgan fingerprint density at radius 3 is 1.67 bits per heavy atom. The van der Waals surface area contributed by atoms with Gasteiger partial charge in [0.05, 0.1) is 21.0 Å². The van der Waals surface area contributed by atoms with Gasteiger partial charge < -0.3 is 5.32 Å². The van der Waals surface area contributed by atoms with Crippen LogP contribution >= 0.6 is 0 Å². The van der Waals surface area contributed by atoms with E-state index in [0.29, 0.717) is 12.1 Å². The zero-order chi connectivity index (χ0) is 20.6. The van der Waals surface area contributed by atoms with Crippen molar-refractivity contribution in [1.29, 1.82) is 0 Å². The molecule has 0 aromatic heterocycles. The third-order valence-corrected chi connectivity index (χ3v) is 3.28. The van der Waals surface area contributed by atoms with Crippen molar-refractivity contribution in [3.05, 3.63) is 67.8 Å². The number of hydrogen-bond acceptors (Lipinski definition) is 5. The van der Waals surface area contributed by atoms with Crippen molar-refractivity contribution in [1.82, 2.24) is 0 Å². The lowest BCUT2D eigenvalue weighted by atomic mass is 10.1. The van der Waals surface area contributed by atoms with Gasteiger partial charge in [-0.05, 0) is 18.2 Å². The highest BCUT2D eigenvalue weighted by Crippen LogP contribution is 2.42. The minimum absolute atomic E-state index is 0.0585. The second kappa shape index (κ2) is 6.74. The third-order valence-electron chi connectivity index (χ3n) is 3.28. The second-order valence-electron chi connectivity index (χ2n) is 5.11. The molecule has 0 radical (unpaired) electrons. The first-order chi connectivity index (χ1) is 12.3. The van der Waals surface area contributed by atoms with Crippen molar-refractivity contribution < 1.29 is 36.2 Å². The van der Waals surface area contributed by atoms with Gasteiger partial charge in [0.1, 0.15) is 0 Å². The van der Waals surface area contributed by atoms with Gasteiger partial charge in [-0.1, -0.05) is 6.07 Å². The molecule has 27 heavy (non-hydrogen) atoms.